The van der Waals surface area contributed by atoms with E-state index in [0.717, 1.165) is 16.7 Å². The van der Waals surface area contributed by atoms with Crippen molar-refractivity contribution in [1.82, 2.24) is 0 Å². The molecule has 70 valence electrons. The first-order valence-electron chi connectivity index (χ1n) is 3.55. The lowest BCUT2D eigenvalue weighted by atomic mass is 10.3. The topological polar surface area (TPSA) is 38.5 Å². The second kappa shape index (κ2) is 3.13. The molecule has 13 heavy (non-hydrogen) atoms. The summed E-state index contributed by atoms with van der Waals surface area (Å²) in [5.41, 5.74) is 1.06. The summed E-state index contributed by atoms with van der Waals surface area (Å²) >= 11 is 1.17. The Morgan fingerprint density at radius 2 is 1.92 bits per heavy atom. The standard InChI is InChI=1S/C8H9NO2S2/c1-5-6(2)12-8(7(5)9-3)13(4,10)11/h1-2,4H3. The Morgan fingerprint density at radius 1 is 1.38 bits per heavy atom. The van der Waals surface area contributed by atoms with Crippen molar-refractivity contribution in [2.45, 2.75) is 18.1 Å². The third kappa shape index (κ3) is 1.74. The number of hydrogen-bond acceptors (Lipinski definition) is 3. The molecular formula is C8H9NO2S2. The van der Waals surface area contributed by atoms with Crippen molar-refractivity contribution in [2.75, 3.05) is 6.26 Å². The van der Waals surface area contributed by atoms with Crippen LogP contribution in [-0.2, 0) is 9.84 Å². The Balaban J connectivity index is 3.60. The van der Waals surface area contributed by atoms with Crippen molar-refractivity contribution >= 4 is 26.9 Å². The smallest absolute Gasteiger partial charge is 0.219 e. The number of aryl methyl sites for hydroxylation is 1. The molecule has 0 aliphatic rings. The summed E-state index contributed by atoms with van der Waals surface area (Å²) in [6.07, 6.45) is 1.13. The first-order chi connectivity index (χ1) is 5.88. The van der Waals surface area contributed by atoms with Gasteiger partial charge in [0, 0.05) is 6.26 Å². The molecule has 5 heteroatoms. The van der Waals surface area contributed by atoms with Crippen LogP contribution in [0.25, 0.3) is 4.85 Å². The lowest BCUT2D eigenvalue weighted by Crippen LogP contribution is -1.92. The van der Waals surface area contributed by atoms with E-state index >= 15 is 0 Å². The molecule has 0 fully saturated rings. The molecule has 0 spiro atoms. The average Bonchev–Trinajstić information content (AvgIpc) is 2.28. The Hall–Kier alpha value is -0.860. The van der Waals surface area contributed by atoms with Gasteiger partial charge < -0.3 is 0 Å². The summed E-state index contributed by atoms with van der Waals surface area (Å²) in [7, 11) is -3.24. The zero-order valence-corrected chi connectivity index (χ0v) is 9.21. The summed E-state index contributed by atoms with van der Waals surface area (Å²) in [4.78, 5) is 4.13. The largest absolute Gasteiger partial charge is 0.236 e. The van der Waals surface area contributed by atoms with Crippen molar-refractivity contribution in [3.63, 3.8) is 0 Å². The third-order valence-corrected chi connectivity index (χ3v) is 4.79. The highest BCUT2D eigenvalue weighted by Gasteiger charge is 2.20. The summed E-state index contributed by atoms with van der Waals surface area (Å²) < 4.78 is 22.7. The molecular weight excluding hydrogens is 206 g/mol. The van der Waals surface area contributed by atoms with Crippen molar-refractivity contribution in [3.8, 4) is 0 Å². The monoisotopic (exact) mass is 215 g/mol. The summed E-state index contributed by atoms with van der Waals surface area (Å²) in [5, 5.41) is 0. The van der Waals surface area contributed by atoms with Crippen molar-refractivity contribution in [1.29, 1.82) is 0 Å². The van der Waals surface area contributed by atoms with Crippen LogP contribution in [0.3, 0.4) is 0 Å². The minimum Gasteiger partial charge on any atom is -0.236 e. The molecule has 0 aliphatic carbocycles. The van der Waals surface area contributed by atoms with E-state index in [1.165, 1.54) is 11.3 Å². The van der Waals surface area contributed by atoms with Crippen molar-refractivity contribution in [3.05, 3.63) is 21.9 Å². The fourth-order valence-corrected chi connectivity index (χ4v) is 3.32. The van der Waals surface area contributed by atoms with Gasteiger partial charge in [0.1, 0.15) is 4.21 Å². The van der Waals surface area contributed by atoms with Crippen LogP contribution in [0.2, 0.25) is 0 Å². The van der Waals surface area contributed by atoms with E-state index in [0.29, 0.717) is 0 Å². The molecule has 0 amide bonds. The van der Waals surface area contributed by atoms with Crippen molar-refractivity contribution in [2.24, 2.45) is 0 Å². The van der Waals surface area contributed by atoms with Gasteiger partial charge in [-0.15, -0.1) is 11.3 Å². The maximum Gasteiger partial charge on any atom is 0.219 e. The van der Waals surface area contributed by atoms with Gasteiger partial charge in [0.25, 0.3) is 0 Å². The predicted octanol–water partition coefficient (Wildman–Crippen LogP) is 2.32. The van der Waals surface area contributed by atoms with Crippen molar-refractivity contribution < 1.29 is 8.42 Å². The van der Waals surface area contributed by atoms with Gasteiger partial charge in [-0.2, -0.15) is 0 Å². The second-order valence-corrected chi connectivity index (χ2v) is 6.24. The van der Waals surface area contributed by atoms with Crippen LogP contribution in [0.1, 0.15) is 10.4 Å². The maximum absolute atomic E-state index is 11.2. The fraction of sp³-hybridized carbons (Fsp3) is 0.375. The Morgan fingerprint density at radius 3 is 2.23 bits per heavy atom. The highest BCUT2D eigenvalue weighted by molar-refractivity contribution is 7.93. The molecule has 1 heterocycles. The van der Waals surface area contributed by atoms with Crippen LogP contribution >= 0.6 is 11.3 Å². The molecule has 0 aliphatic heterocycles. The molecule has 1 aromatic heterocycles. The predicted molar refractivity (Wildman–Crippen MR) is 53.2 cm³/mol. The van der Waals surface area contributed by atoms with E-state index in [1.54, 1.807) is 6.92 Å². The number of nitrogens with zero attached hydrogens (tertiary/aromatic N) is 1. The summed E-state index contributed by atoms with van der Waals surface area (Å²) in [6, 6.07) is 0. The highest BCUT2D eigenvalue weighted by Crippen LogP contribution is 2.37. The number of hydrogen-bond donors (Lipinski definition) is 0. The van der Waals surface area contributed by atoms with Crippen LogP contribution in [0, 0.1) is 20.4 Å². The Labute approximate surface area is 81.8 Å². The lowest BCUT2D eigenvalue weighted by Gasteiger charge is -1.92. The van der Waals surface area contributed by atoms with Crippen LogP contribution in [-0.4, -0.2) is 14.7 Å². The molecule has 0 saturated heterocycles. The molecule has 0 saturated carbocycles. The van der Waals surface area contributed by atoms with E-state index in [1.807, 2.05) is 6.92 Å². The first-order valence-corrected chi connectivity index (χ1v) is 6.26. The Kier molecular flexibility index (Phi) is 2.46. The summed E-state index contributed by atoms with van der Waals surface area (Å²) in [5.74, 6) is 0. The van der Waals surface area contributed by atoms with Gasteiger partial charge in [-0.05, 0) is 24.3 Å². The highest BCUT2D eigenvalue weighted by atomic mass is 32.2. The van der Waals surface area contributed by atoms with Gasteiger partial charge in [-0.1, -0.05) is 0 Å². The van der Waals surface area contributed by atoms with Gasteiger partial charge >= 0.3 is 0 Å². The average molecular weight is 215 g/mol. The molecule has 0 N–H and O–H groups in total. The number of rotatable bonds is 1. The van der Waals surface area contributed by atoms with Gasteiger partial charge in [-0.3, -0.25) is 0 Å². The molecule has 0 unspecified atom stereocenters. The molecule has 0 bridgehead atoms. The van der Waals surface area contributed by atoms with E-state index in [4.69, 9.17) is 6.57 Å². The van der Waals surface area contributed by atoms with E-state index in [9.17, 15) is 8.42 Å². The maximum atomic E-state index is 11.2. The van der Waals surface area contributed by atoms with Gasteiger partial charge in [0.05, 0.1) is 6.57 Å². The molecule has 1 rings (SSSR count). The lowest BCUT2D eigenvalue weighted by molar-refractivity contribution is 0.604. The van der Waals surface area contributed by atoms with Crippen LogP contribution in [0.4, 0.5) is 5.69 Å². The van der Waals surface area contributed by atoms with Crippen LogP contribution in [0.15, 0.2) is 4.21 Å². The number of sulfone groups is 1. The zero-order chi connectivity index (χ0) is 10.2. The summed E-state index contributed by atoms with van der Waals surface area (Å²) in [6.45, 7) is 10.5. The quantitative estimate of drug-likeness (QED) is 0.674. The van der Waals surface area contributed by atoms with Crippen LogP contribution in [0.5, 0.6) is 0 Å². The van der Waals surface area contributed by atoms with E-state index < -0.39 is 9.84 Å². The van der Waals surface area contributed by atoms with Gasteiger partial charge in [0.2, 0.25) is 5.69 Å². The minimum absolute atomic E-state index is 0.192. The molecule has 3 nitrogen and oxygen atoms in total. The molecule has 0 radical (unpaired) electrons. The zero-order valence-electron chi connectivity index (χ0n) is 7.58. The molecule has 1 aromatic rings. The van der Waals surface area contributed by atoms with Crippen LogP contribution < -0.4 is 0 Å². The SMILES string of the molecule is [C-]#[N+]c1c(S(C)(=O)=O)sc(C)c1C. The number of thiophene rings is 1. The van der Waals surface area contributed by atoms with E-state index in [-0.39, 0.29) is 9.90 Å². The minimum atomic E-state index is -3.24. The molecule has 0 aromatic carbocycles. The third-order valence-electron chi connectivity index (χ3n) is 1.77. The first kappa shape index (κ1) is 10.2. The van der Waals surface area contributed by atoms with E-state index in [2.05, 4.69) is 4.85 Å². The second-order valence-electron chi connectivity index (χ2n) is 2.80. The normalized spacial score (nSPS) is 11.2. The van der Waals surface area contributed by atoms with Gasteiger partial charge in [-0.25, -0.2) is 13.3 Å². The molecule has 0 atom stereocenters. The van der Waals surface area contributed by atoms with Gasteiger partial charge in [0.15, 0.2) is 9.84 Å². The Bertz CT molecular complexity index is 477. The fourth-order valence-electron chi connectivity index (χ4n) is 0.965.